The molecule has 0 radical (unpaired) electrons. The molecule has 2 rings (SSSR count). The van der Waals surface area contributed by atoms with Crippen molar-refractivity contribution in [1.82, 2.24) is 15.2 Å². The van der Waals surface area contributed by atoms with Gasteiger partial charge in [0.25, 0.3) is 0 Å². The number of hydrogen-bond donors (Lipinski definition) is 1. The van der Waals surface area contributed by atoms with Crippen LogP contribution < -0.4 is 0 Å². The molecule has 4 nitrogen and oxygen atoms in total. The minimum atomic E-state index is 0.323. The van der Waals surface area contributed by atoms with Gasteiger partial charge in [-0.25, -0.2) is 0 Å². The van der Waals surface area contributed by atoms with Crippen LogP contribution in [0.1, 0.15) is 0 Å². The number of fused-ring (bicyclic) bond motifs is 1. The van der Waals surface area contributed by atoms with Crippen LogP contribution in [0.3, 0.4) is 0 Å². The fraction of sp³-hybridized carbons (Fsp3) is 0. The highest BCUT2D eigenvalue weighted by Gasteiger charge is 2.10. The molecule has 0 unspecified atom stereocenters. The third-order valence-electron chi connectivity index (χ3n) is 1.48. The van der Waals surface area contributed by atoms with Crippen molar-refractivity contribution in [2.45, 2.75) is 0 Å². The van der Waals surface area contributed by atoms with Gasteiger partial charge in [-0.3, -0.25) is 0 Å². The van der Waals surface area contributed by atoms with E-state index in [4.69, 9.17) is 28.4 Å². The zero-order valence-electron chi connectivity index (χ0n) is 5.70. The number of halogens is 2. The van der Waals surface area contributed by atoms with Crippen molar-refractivity contribution in [3.8, 4) is 0 Å². The van der Waals surface area contributed by atoms with Gasteiger partial charge in [-0.05, 0) is 17.3 Å². The van der Waals surface area contributed by atoms with Crippen LogP contribution in [0.2, 0.25) is 10.0 Å². The molecule has 0 spiro atoms. The Hall–Kier alpha value is -1.00. The molecule has 1 aromatic carbocycles. The molecule has 62 valence electrons. The largest absolute Gasteiger partial charge is 0.410 e. The molecule has 1 N–H and O–H groups in total. The molecule has 0 amide bonds. The highest BCUT2D eigenvalue weighted by Crippen LogP contribution is 2.26. The number of nitrogens with zero attached hydrogens (tertiary/aromatic N) is 3. The second-order valence-electron chi connectivity index (χ2n) is 2.21. The summed E-state index contributed by atoms with van der Waals surface area (Å²) in [6.07, 6.45) is 0. The van der Waals surface area contributed by atoms with E-state index in [2.05, 4.69) is 10.3 Å². The molecule has 0 atom stereocenters. The first-order valence-corrected chi connectivity index (χ1v) is 3.84. The Morgan fingerprint density at radius 1 is 1.25 bits per heavy atom. The minimum Gasteiger partial charge on any atom is -0.410 e. The van der Waals surface area contributed by atoms with E-state index in [1.165, 1.54) is 0 Å². The normalized spacial score (nSPS) is 10.8. The van der Waals surface area contributed by atoms with Crippen molar-refractivity contribution in [2.24, 2.45) is 0 Å². The Bertz CT molecular complexity index is 440. The van der Waals surface area contributed by atoms with Crippen LogP contribution in [0.4, 0.5) is 0 Å². The molecule has 6 heteroatoms. The minimum absolute atomic E-state index is 0.323. The first kappa shape index (κ1) is 7.64. The lowest BCUT2D eigenvalue weighted by Gasteiger charge is -1.94. The van der Waals surface area contributed by atoms with Gasteiger partial charge in [-0.1, -0.05) is 28.0 Å². The number of benzene rings is 1. The summed E-state index contributed by atoms with van der Waals surface area (Å²) in [6, 6.07) is 3.17. The second kappa shape index (κ2) is 2.50. The molecule has 0 bridgehead atoms. The van der Waals surface area contributed by atoms with Crippen LogP contribution in [0, 0.1) is 0 Å². The van der Waals surface area contributed by atoms with Gasteiger partial charge in [-0.2, -0.15) is 0 Å². The summed E-state index contributed by atoms with van der Waals surface area (Å²) in [7, 11) is 0. The molecule has 0 saturated heterocycles. The van der Waals surface area contributed by atoms with Gasteiger partial charge in [0.15, 0.2) is 5.52 Å². The van der Waals surface area contributed by atoms with E-state index in [1.54, 1.807) is 12.1 Å². The van der Waals surface area contributed by atoms with Gasteiger partial charge < -0.3 is 5.21 Å². The second-order valence-corrected chi connectivity index (χ2v) is 3.02. The molecule has 1 aromatic heterocycles. The summed E-state index contributed by atoms with van der Waals surface area (Å²) in [4.78, 5) is 0.601. The van der Waals surface area contributed by atoms with E-state index >= 15 is 0 Å². The maximum Gasteiger partial charge on any atom is 0.150 e. The van der Waals surface area contributed by atoms with Crippen molar-refractivity contribution >= 4 is 34.2 Å². The predicted octanol–water partition coefficient (Wildman–Crippen LogP) is 1.98. The summed E-state index contributed by atoms with van der Waals surface area (Å²) in [5.74, 6) is 0. The zero-order chi connectivity index (χ0) is 8.72. The molecule has 1 heterocycles. The molecule has 0 aliphatic carbocycles. The lowest BCUT2D eigenvalue weighted by Crippen LogP contribution is -1.91. The van der Waals surface area contributed by atoms with E-state index in [0.717, 1.165) is 0 Å². The van der Waals surface area contributed by atoms with E-state index in [-0.39, 0.29) is 0 Å². The summed E-state index contributed by atoms with van der Waals surface area (Å²) in [6.45, 7) is 0. The van der Waals surface area contributed by atoms with Crippen LogP contribution >= 0.6 is 23.2 Å². The standard InChI is InChI=1S/C6H3Cl2N3O/c7-3-1-2-4(8)6-5(3)9-10-11(6)12/h1-2,12H. The Balaban J connectivity index is 2.98. The van der Waals surface area contributed by atoms with Gasteiger partial charge in [0.05, 0.1) is 10.0 Å². The Kier molecular flexibility index (Phi) is 1.59. The van der Waals surface area contributed by atoms with Crippen LogP contribution in [0.15, 0.2) is 12.1 Å². The van der Waals surface area contributed by atoms with Crippen molar-refractivity contribution in [2.75, 3.05) is 0 Å². The van der Waals surface area contributed by atoms with Gasteiger partial charge in [0.1, 0.15) is 5.52 Å². The number of hydrogen-bond acceptors (Lipinski definition) is 3. The number of rotatable bonds is 0. The molecule has 0 saturated carbocycles. The fourth-order valence-electron chi connectivity index (χ4n) is 0.948. The molecule has 2 aromatic rings. The Morgan fingerprint density at radius 3 is 2.58 bits per heavy atom. The van der Waals surface area contributed by atoms with Crippen molar-refractivity contribution in [1.29, 1.82) is 0 Å². The van der Waals surface area contributed by atoms with Gasteiger partial charge in [0.2, 0.25) is 0 Å². The highest BCUT2D eigenvalue weighted by molar-refractivity contribution is 6.39. The third-order valence-corrected chi connectivity index (χ3v) is 2.09. The van der Waals surface area contributed by atoms with Crippen molar-refractivity contribution < 1.29 is 5.21 Å². The van der Waals surface area contributed by atoms with Crippen LogP contribution in [-0.4, -0.2) is 20.4 Å². The molecule has 0 aliphatic heterocycles. The first-order chi connectivity index (χ1) is 5.70. The van der Waals surface area contributed by atoms with E-state index in [9.17, 15) is 0 Å². The average molecular weight is 204 g/mol. The monoisotopic (exact) mass is 203 g/mol. The fourth-order valence-corrected chi connectivity index (χ4v) is 1.37. The third kappa shape index (κ3) is 0.922. The van der Waals surface area contributed by atoms with Crippen LogP contribution in [0.5, 0.6) is 0 Å². The van der Waals surface area contributed by atoms with Crippen molar-refractivity contribution in [3.63, 3.8) is 0 Å². The summed E-state index contributed by atoms with van der Waals surface area (Å²) in [5, 5.41) is 16.9. The predicted molar refractivity (Wildman–Crippen MR) is 44.7 cm³/mol. The molecule has 12 heavy (non-hydrogen) atoms. The topological polar surface area (TPSA) is 50.9 Å². The van der Waals surface area contributed by atoms with Gasteiger partial charge in [-0.15, -0.1) is 5.10 Å². The average Bonchev–Trinajstić information content (AvgIpc) is 2.42. The SMILES string of the molecule is On1nnc2c(Cl)ccc(Cl)c21. The Labute approximate surface area is 77.3 Å². The first-order valence-electron chi connectivity index (χ1n) is 3.09. The lowest BCUT2D eigenvalue weighted by atomic mass is 10.3. The van der Waals surface area contributed by atoms with E-state index in [0.29, 0.717) is 25.9 Å². The smallest absolute Gasteiger partial charge is 0.150 e. The van der Waals surface area contributed by atoms with Crippen LogP contribution in [0.25, 0.3) is 11.0 Å². The molecular weight excluding hydrogens is 201 g/mol. The summed E-state index contributed by atoms with van der Waals surface area (Å²) in [5.41, 5.74) is 0.718. The quantitative estimate of drug-likeness (QED) is 0.667. The molecule has 0 aliphatic rings. The molecule has 0 fully saturated rings. The van der Waals surface area contributed by atoms with Crippen LogP contribution in [-0.2, 0) is 0 Å². The summed E-state index contributed by atoms with van der Waals surface area (Å²) >= 11 is 11.5. The maximum absolute atomic E-state index is 9.12. The van der Waals surface area contributed by atoms with Gasteiger partial charge >= 0.3 is 0 Å². The molecular formula is C6H3Cl2N3O. The highest BCUT2D eigenvalue weighted by atomic mass is 35.5. The summed E-state index contributed by atoms with van der Waals surface area (Å²) < 4.78 is 0. The van der Waals surface area contributed by atoms with E-state index < -0.39 is 0 Å². The van der Waals surface area contributed by atoms with E-state index in [1.807, 2.05) is 0 Å². The zero-order valence-corrected chi connectivity index (χ0v) is 7.21. The lowest BCUT2D eigenvalue weighted by molar-refractivity contribution is 0.155. The number of aromatic nitrogens is 3. The maximum atomic E-state index is 9.12. The van der Waals surface area contributed by atoms with Crippen molar-refractivity contribution in [3.05, 3.63) is 22.2 Å². The Morgan fingerprint density at radius 2 is 1.92 bits per heavy atom. The van der Waals surface area contributed by atoms with Gasteiger partial charge in [0, 0.05) is 0 Å².